The molecule has 0 unspecified atom stereocenters. The van der Waals surface area contributed by atoms with Crippen molar-refractivity contribution < 1.29 is 158 Å². The molecule has 0 fully saturated rings. The fraction of sp³-hybridized carbons (Fsp3) is 0. The molecule has 27 heavy (non-hydrogen) atoms. The summed E-state index contributed by atoms with van der Waals surface area (Å²) >= 11 is 0. The van der Waals surface area contributed by atoms with Crippen LogP contribution in [0.2, 0.25) is 0 Å². The summed E-state index contributed by atoms with van der Waals surface area (Å²) < 4.78 is 0. The van der Waals surface area contributed by atoms with Crippen molar-refractivity contribution in [3.05, 3.63) is 0 Å². The first-order valence-corrected chi connectivity index (χ1v) is 13.4. The molecule has 164 valence electrons. The van der Waals surface area contributed by atoms with Crippen LogP contribution in [0.15, 0.2) is 0 Å². The zero-order valence-electron chi connectivity index (χ0n) is 15.4. The van der Waals surface area contributed by atoms with Crippen LogP contribution in [0.5, 0.6) is 0 Å². The van der Waals surface area contributed by atoms with Gasteiger partial charge in [-0.3, -0.25) is 0 Å². The molecular weight excluding hydrogens is 506 g/mol. The van der Waals surface area contributed by atoms with Crippen molar-refractivity contribution in [2.24, 2.45) is 0 Å². The van der Waals surface area contributed by atoms with Gasteiger partial charge >= 0.3 is 104 Å². The predicted molar refractivity (Wildman–Crippen MR) is 75.4 cm³/mol. The molecule has 20 N–H and O–H groups in total. The zero-order chi connectivity index (χ0) is 22.5. The summed E-state index contributed by atoms with van der Waals surface area (Å²) in [5.74, 6) is 0. The summed E-state index contributed by atoms with van der Waals surface area (Å²) in [6.45, 7) is 0. The molecule has 0 aromatic carbocycles. The predicted octanol–water partition coefficient (Wildman–Crippen LogP) is -18.8. The molecule has 0 aliphatic carbocycles. The quantitative estimate of drug-likeness (QED) is 0.130. The third kappa shape index (κ3) is 3740. The Morgan fingerprint density at radius 1 is 0.222 bits per heavy atom. The van der Waals surface area contributed by atoms with Crippen molar-refractivity contribution in [1.29, 1.82) is 0 Å². The molecule has 27 heteroatoms. The van der Waals surface area contributed by atoms with Gasteiger partial charge in [0.2, 0.25) is 0 Å². The van der Waals surface area contributed by atoms with Crippen molar-refractivity contribution in [1.82, 2.24) is 0 Å². The molecule has 0 aliphatic rings. The molecule has 0 heterocycles. The first-order valence-electron chi connectivity index (χ1n) is 4.47. The molecule has 0 saturated heterocycles. The molecular formula is H22Na2O20Si5. The number of hydrogen-bond acceptors (Lipinski definition) is 20. The van der Waals surface area contributed by atoms with E-state index in [1.54, 1.807) is 0 Å². The maximum Gasteiger partial charge on any atom is 1.00 e. The average molecular weight is 529 g/mol. The third-order valence-electron chi connectivity index (χ3n) is 0. The van der Waals surface area contributed by atoms with E-state index < -0.39 is 45.2 Å². The maximum absolute atomic E-state index is 7.33. The smallest absolute Gasteiger partial charge is 1.00 e. The van der Waals surface area contributed by atoms with Gasteiger partial charge < -0.3 is 98.8 Å². The van der Waals surface area contributed by atoms with Gasteiger partial charge in [-0.1, -0.05) is 0 Å². The summed E-state index contributed by atoms with van der Waals surface area (Å²) in [5.41, 5.74) is 0. The van der Waals surface area contributed by atoms with Crippen LogP contribution in [0.1, 0.15) is 2.85 Å². The summed E-state index contributed by atoms with van der Waals surface area (Å²) in [4.78, 5) is 147. The molecule has 0 aromatic heterocycles. The zero-order valence-corrected chi connectivity index (χ0v) is 22.4. The van der Waals surface area contributed by atoms with E-state index in [4.69, 9.17) is 95.9 Å². The van der Waals surface area contributed by atoms with Crippen molar-refractivity contribution in [2.45, 2.75) is 0 Å². The van der Waals surface area contributed by atoms with E-state index >= 15 is 0 Å². The van der Waals surface area contributed by atoms with Crippen LogP contribution in [-0.4, -0.2) is 141 Å². The minimum Gasteiger partial charge on any atom is -1.00 e. The Balaban J connectivity index is -0.0000000238. The summed E-state index contributed by atoms with van der Waals surface area (Å²) in [6, 6.07) is 0. The van der Waals surface area contributed by atoms with Crippen LogP contribution in [-0.2, 0) is 0 Å². The fourth-order valence-corrected chi connectivity index (χ4v) is 0. The van der Waals surface area contributed by atoms with Gasteiger partial charge in [0.1, 0.15) is 0 Å². The standard InChI is InChI=1S/2Na.5H4O4Si.2H/c;;5*1-5(2,3)4;;/h;;5*1-4H;;/q2*+1;;;;;;2*-1. The number of hydrogen-bond donors (Lipinski definition) is 20. The van der Waals surface area contributed by atoms with E-state index in [0.29, 0.717) is 0 Å². The second kappa shape index (κ2) is 20.2. The van der Waals surface area contributed by atoms with Gasteiger partial charge in [0, 0.05) is 0 Å². The van der Waals surface area contributed by atoms with E-state index in [1.807, 2.05) is 0 Å². The van der Waals surface area contributed by atoms with Crippen molar-refractivity contribution in [2.75, 3.05) is 0 Å². The SMILES string of the molecule is O[Si](O)(O)O.O[Si](O)(O)O.O[Si](O)(O)O.O[Si](O)(O)O.O[Si](O)(O)O.[H-].[H-].[Na+].[Na+]. The Labute approximate surface area is 201 Å². The number of rotatable bonds is 0. The summed E-state index contributed by atoms with van der Waals surface area (Å²) in [5, 5.41) is 0. The van der Waals surface area contributed by atoms with Gasteiger partial charge in [0.25, 0.3) is 0 Å². The monoisotopic (exact) mass is 528 g/mol. The van der Waals surface area contributed by atoms with Crippen molar-refractivity contribution >= 4 is 45.2 Å². The Kier molecular flexibility index (Phi) is 35.3. The van der Waals surface area contributed by atoms with E-state index in [0.717, 1.165) is 0 Å². The molecule has 0 bridgehead atoms. The molecule has 0 saturated carbocycles. The van der Waals surface area contributed by atoms with Gasteiger partial charge in [0.05, 0.1) is 0 Å². The topological polar surface area (TPSA) is 405 Å². The molecule has 0 aromatic rings. The fourth-order valence-electron chi connectivity index (χ4n) is 0. The summed E-state index contributed by atoms with van der Waals surface area (Å²) in [7, 11) is -23.1. The Morgan fingerprint density at radius 2 is 0.222 bits per heavy atom. The van der Waals surface area contributed by atoms with Gasteiger partial charge in [0.15, 0.2) is 0 Å². The van der Waals surface area contributed by atoms with Gasteiger partial charge in [-0.05, 0) is 0 Å². The van der Waals surface area contributed by atoms with Gasteiger partial charge in [-0.2, -0.15) is 0 Å². The van der Waals surface area contributed by atoms with E-state index in [1.165, 1.54) is 0 Å². The van der Waals surface area contributed by atoms with E-state index in [-0.39, 0.29) is 62.0 Å². The molecule has 20 nitrogen and oxygen atoms in total. The Hall–Kier alpha value is 2.28. The molecule has 0 spiro atoms. The molecule has 0 radical (unpaired) electrons. The van der Waals surface area contributed by atoms with Crippen LogP contribution in [0.4, 0.5) is 0 Å². The molecule has 0 atom stereocenters. The second-order valence-electron chi connectivity index (χ2n) is 3.00. The summed E-state index contributed by atoms with van der Waals surface area (Å²) in [6.07, 6.45) is 0. The van der Waals surface area contributed by atoms with Crippen molar-refractivity contribution in [3.8, 4) is 0 Å². The van der Waals surface area contributed by atoms with Gasteiger partial charge in [-0.15, -0.1) is 0 Å². The largest absolute Gasteiger partial charge is 1.00 e. The third-order valence-corrected chi connectivity index (χ3v) is 0. The first-order chi connectivity index (χ1) is 10.0. The van der Waals surface area contributed by atoms with Crippen LogP contribution >= 0.6 is 0 Å². The van der Waals surface area contributed by atoms with Crippen LogP contribution in [0.25, 0.3) is 0 Å². The molecule has 0 amide bonds. The average Bonchev–Trinajstić information content (AvgIpc) is 1.79. The van der Waals surface area contributed by atoms with Crippen LogP contribution in [0.3, 0.4) is 0 Å². The Bertz CT molecular complexity index is 186. The molecule has 0 aliphatic heterocycles. The maximum atomic E-state index is 7.33. The van der Waals surface area contributed by atoms with Gasteiger partial charge in [-0.25, -0.2) is 0 Å². The minimum atomic E-state index is -4.61. The van der Waals surface area contributed by atoms with Crippen LogP contribution in [0, 0.1) is 0 Å². The van der Waals surface area contributed by atoms with Crippen molar-refractivity contribution in [3.63, 3.8) is 0 Å². The normalized spacial score (nSPS) is 11.1. The van der Waals surface area contributed by atoms with E-state index in [9.17, 15) is 0 Å². The minimum absolute atomic E-state index is 0. The second-order valence-corrected chi connectivity index (χ2v) is 9.00. The first kappa shape index (κ1) is 47.2. The van der Waals surface area contributed by atoms with Crippen LogP contribution < -0.4 is 59.1 Å². The molecule has 0 rings (SSSR count). The van der Waals surface area contributed by atoms with E-state index in [2.05, 4.69) is 0 Å². The Morgan fingerprint density at radius 3 is 0.222 bits per heavy atom.